The van der Waals surface area contributed by atoms with Gasteiger partial charge in [0.1, 0.15) is 29.8 Å². The van der Waals surface area contributed by atoms with Crippen LogP contribution in [0.25, 0.3) is 38.7 Å². The summed E-state index contributed by atoms with van der Waals surface area (Å²) in [5.74, 6) is 0. The molecule has 5 aromatic rings. The van der Waals surface area contributed by atoms with Gasteiger partial charge in [0.05, 0.1) is 5.39 Å². The first-order valence-corrected chi connectivity index (χ1v) is 8.46. The highest BCUT2D eigenvalue weighted by Crippen LogP contribution is 2.34. The highest BCUT2D eigenvalue weighted by atomic mass is 15.1. The van der Waals surface area contributed by atoms with Crippen LogP contribution in [0.3, 0.4) is 0 Å². The van der Waals surface area contributed by atoms with Gasteiger partial charge < -0.3 is 0 Å². The highest BCUT2D eigenvalue weighted by molar-refractivity contribution is 6.12. The predicted octanol–water partition coefficient (Wildman–Crippen LogP) is 2.78. The molecule has 0 fully saturated rings. The molecule has 2 radical (unpaired) electrons. The molecule has 4 heterocycles. The molecular formula is C21H14BN3+2. The fourth-order valence-electron chi connectivity index (χ4n) is 4.26. The monoisotopic (exact) mass is 319 g/mol. The van der Waals surface area contributed by atoms with E-state index in [0.29, 0.717) is 0 Å². The average Bonchev–Trinajstić information content (AvgIpc) is 3.20. The quantitative estimate of drug-likeness (QED) is 0.251. The Morgan fingerprint density at radius 1 is 0.920 bits per heavy atom. The number of nitrogens with zero attached hydrogens (tertiary/aromatic N) is 3. The van der Waals surface area contributed by atoms with Crippen molar-refractivity contribution in [3.63, 3.8) is 0 Å². The molecular weight excluding hydrogens is 305 g/mol. The summed E-state index contributed by atoms with van der Waals surface area (Å²) in [6.07, 6.45) is 4.22. The minimum absolute atomic E-state index is 0.888. The van der Waals surface area contributed by atoms with Gasteiger partial charge >= 0.3 is 13.6 Å². The first kappa shape index (κ1) is 13.2. The highest BCUT2D eigenvalue weighted by Gasteiger charge is 2.33. The maximum atomic E-state index is 6.32. The van der Waals surface area contributed by atoms with Crippen LogP contribution in [0.2, 0.25) is 0 Å². The Labute approximate surface area is 145 Å². The topological polar surface area (TPSA) is 12.2 Å². The lowest BCUT2D eigenvalue weighted by Gasteiger charge is -2.04. The van der Waals surface area contributed by atoms with Gasteiger partial charge in [-0.05, 0) is 12.1 Å². The summed E-state index contributed by atoms with van der Waals surface area (Å²) in [4.78, 5) is 0. The summed E-state index contributed by atoms with van der Waals surface area (Å²) in [7, 11) is 6.32. The third kappa shape index (κ3) is 1.57. The molecule has 0 atom stereocenters. The van der Waals surface area contributed by atoms with Crippen LogP contribution in [-0.4, -0.2) is 12.4 Å². The van der Waals surface area contributed by atoms with Crippen molar-refractivity contribution >= 4 is 35.4 Å². The van der Waals surface area contributed by atoms with Crippen molar-refractivity contribution in [1.29, 1.82) is 0 Å². The normalized spacial score (nSPS) is 12.8. The van der Waals surface area contributed by atoms with Crippen LogP contribution in [-0.2, 0) is 6.54 Å². The molecule has 1 aliphatic heterocycles. The Morgan fingerprint density at radius 3 is 2.60 bits per heavy atom. The molecule has 25 heavy (non-hydrogen) atoms. The summed E-state index contributed by atoms with van der Waals surface area (Å²) >= 11 is 0. The molecule has 0 spiro atoms. The Morgan fingerprint density at radius 2 is 1.72 bits per heavy atom. The average molecular weight is 319 g/mol. The number of fused-ring (bicyclic) bond motifs is 3. The lowest BCUT2D eigenvalue weighted by Crippen LogP contribution is -2.32. The van der Waals surface area contributed by atoms with Crippen LogP contribution in [0.1, 0.15) is 5.56 Å². The summed E-state index contributed by atoms with van der Waals surface area (Å²) < 4.78 is 6.47. The van der Waals surface area contributed by atoms with Crippen molar-refractivity contribution in [2.75, 3.05) is 0 Å². The Hall–Kier alpha value is -3.14. The van der Waals surface area contributed by atoms with Crippen LogP contribution < -0.4 is 9.05 Å². The third-order valence-electron chi connectivity index (χ3n) is 5.29. The van der Waals surface area contributed by atoms with E-state index in [2.05, 4.69) is 75.8 Å². The van der Waals surface area contributed by atoms with Crippen molar-refractivity contribution in [3.8, 4) is 11.3 Å². The zero-order valence-corrected chi connectivity index (χ0v) is 13.6. The first-order chi connectivity index (χ1) is 12.3. The van der Waals surface area contributed by atoms with E-state index >= 15 is 0 Å². The van der Waals surface area contributed by atoms with Crippen molar-refractivity contribution in [1.82, 2.24) is 4.40 Å². The Bertz CT molecular complexity index is 1320. The minimum Gasteiger partial charge on any atom is -0.285 e. The van der Waals surface area contributed by atoms with Gasteiger partial charge in [-0.2, -0.15) is 4.40 Å². The number of rotatable bonds is 1. The van der Waals surface area contributed by atoms with Crippen LogP contribution >= 0.6 is 0 Å². The van der Waals surface area contributed by atoms with Gasteiger partial charge in [-0.1, -0.05) is 42.5 Å². The number of hydrogen-bond donors (Lipinski definition) is 0. The minimum atomic E-state index is 0.888. The molecule has 6 rings (SSSR count). The molecule has 3 nitrogen and oxygen atoms in total. The number of para-hydroxylation sites is 1. The van der Waals surface area contributed by atoms with Crippen molar-refractivity contribution in [2.45, 2.75) is 6.54 Å². The number of imidazole rings is 1. The lowest BCUT2D eigenvalue weighted by atomic mass is 10.1. The molecule has 0 saturated heterocycles. The SMILES string of the molecule is [B][n+]1ccc2c3c1c1ccccc1n1c(-c4ccccc4)c[n+](c31)C2. The van der Waals surface area contributed by atoms with Gasteiger partial charge in [-0.25, -0.2) is 4.57 Å². The van der Waals surface area contributed by atoms with Crippen LogP contribution in [0.4, 0.5) is 0 Å². The zero-order chi connectivity index (χ0) is 16.5. The van der Waals surface area contributed by atoms with Gasteiger partial charge in [-0.3, -0.25) is 4.48 Å². The molecule has 4 heteroatoms. The van der Waals surface area contributed by atoms with E-state index in [1.54, 1.807) is 4.48 Å². The molecule has 0 unspecified atom stereocenters. The van der Waals surface area contributed by atoms with Gasteiger partial charge in [0.2, 0.25) is 5.52 Å². The molecule has 2 aromatic carbocycles. The maximum Gasteiger partial charge on any atom is 0.586 e. The molecule has 0 amide bonds. The van der Waals surface area contributed by atoms with Crippen molar-refractivity contribution in [2.24, 2.45) is 0 Å². The zero-order valence-electron chi connectivity index (χ0n) is 13.6. The number of benzene rings is 2. The lowest BCUT2D eigenvalue weighted by molar-refractivity contribution is -0.657. The van der Waals surface area contributed by atoms with E-state index < -0.39 is 0 Å². The molecule has 0 bridgehead atoms. The predicted molar refractivity (Wildman–Crippen MR) is 98.5 cm³/mol. The van der Waals surface area contributed by atoms with Gasteiger partial charge in [0, 0.05) is 17.2 Å². The molecule has 1 aliphatic rings. The van der Waals surface area contributed by atoms with E-state index in [9.17, 15) is 0 Å². The molecule has 0 saturated carbocycles. The van der Waals surface area contributed by atoms with Crippen LogP contribution in [0, 0.1) is 0 Å². The second kappa shape index (κ2) is 4.48. The second-order valence-electron chi connectivity index (χ2n) is 6.66. The summed E-state index contributed by atoms with van der Waals surface area (Å²) in [5, 5.41) is 2.43. The fourth-order valence-corrected chi connectivity index (χ4v) is 4.26. The van der Waals surface area contributed by atoms with Gasteiger partial charge in [-0.15, -0.1) is 0 Å². The number of pyridine rings is 2. The van der Waals surface area contributed by atoms with E-state index in [1.165, 1.54) is 38.8 Å². The molecule has 114 valence electrons. The van der Waals surface area contributed by atoms with Crippen LogP contribution in [0.15, 0.2) is 73.1 Å². The Balaban J connectivity index is 1.95. The summed E-state index contributed by atoms with van der Waals surface area (Å²) in [5.41, 5.74) is 7.27. The fraction of sp³-hybridized carbons (Fsp3) is 0.0476. The number of hydrogen-bond acceptors (Lipinski definition) is 0. The van der Waals surface area contributed by atoms with E-state index in [4.69, 9.17) is 7.98 Å². The molecule has 3 aromatic heterocycles. The van der Waals surface area contributed by atoms with E-state index in [0.717, 1.165) is 12.1 Å². The van der Waals surface area contributed by atoms with Gasteiger partial charge in [0.25, 0.3) is 0 Å². The molecule has 0 N–H and O–H groups in total. The Kier molecular flexibility index (Phi) is 2.36. The van der Waals surface area contributed by atoms with E-state index in [-0.39, 0.29) is 0 Å². The maximum absolute atomic E-state index is 6.32. The third-order valence-corrected chi connectivity index (χ3v) is 5.29. The van der Waals surface area contributed by atoms with E-state index in [1.807, 2.05) is 6.20 Å². The van der Waals surface area contributed by atoms with Crippen molar-refractivity contribution in [3.05, 3.63) is 78.6 Å². The standard InChI is InChI=1S/C21H14BN3/c22-24-11-10-15-12-23-13-18(14-6-2-1-3-7-14)25-17-9-5-4-8-16(17)20(24)19(15)21(23)25/h1-11,13H,12H2/q+2. The smallest absolute Gasteiger partial charge is 0.285 e. The van der Waals surface area contributed by atoms with Gasteiger partial charge in [0.15, 0.2) is 5.69 Å². The molecule has 0 aliphatic carbocycles. The largest absolute Gasteiger partial charge is 0.586 e. The summed E-state index contributed by atoms with van der Waals surface area (Å²) in [6, 6.07) is 21.2. The summed E-state index contributed by atoms with van der Waals surface area (Å²) in [6.45, 7) is 0.888. The first-order valence-electron chi connectivity index (χ1n) is 8.46. The van der Waals surface area contributed by atoms with Crippen molar-refractivity contribution < 1.29 is 9.05 Å². The second-order valence-corrected chi connectivity index (χ2v) is 6.66. The number of aromatic nitrogens is 3. The van der Waals surface area contributed by atoms with Crippen LogP contribution in [0.5, 0.6) is 0 Å².